The second kappa shape index (κ2) is 5.57. The lowest BCUT2D eigenvalue weighted by atomic mass is 9.79. The van der Waals surface area contributed by atoms with Crippen molar-refractivity contribution in [3.63, 3.8) is 0 Å². The normalized spacial score (nSPS) is 19.3. The first-order valence-corrected chi connectivity index (χ1v) is 9.88. The third kappa shape index (κ3) is 2.10. The van der Waals surface area contributed by atoms with Gasteiger partial charge in [0, 0.05) is 12.3 Å². The largest absolute Gasteiger partial charge is 0.0622 e. The molecule has 6 rings (SSSR count). The molecule has 1 unspecified atom stereocenters. The SMILES string of the molecule is CC1=Cc2ccccc2C1c1ccc2c(c1-c1ccccc1)C1=C([CH]2)CC1. The summed E-state index contributed by atoms with van der Waals surface area (Å²) in [4.78, 5) is 0. The maximum atomic E-state index is 2.41. The molecule has 0 heteroatoms. The lowest BCUT2D eigenvalue weighted by Gasteiger charge is -2.25. The molecule has 0 aromatic heterocycles. The highest BCUT2D eigenvalue weighted by atomic mass is 14.4. The van der Waals surface area contributed by atoms with Crippen molar-refractivity contribution >= 4 is 11.6 Å². The predicted molar refractivity (Wildman–Crippen MR) is 113 cm³/mol. The molecule has 3 aliphatic rings. The molecule has 0 saturated heterocycles. The molecule has 0 fully saturated rings. The second-order valence-corrected chi connectivity index (χ2v) is 7.96. The molecule has 0 amide bonds. The molecule has 3 aromatic rings. The maximum Gasteiger partial charge on any atom is 0.0311 e. The average Bonchev–Trinajstić information content (AvgIpc) is 3.14. The Kier molecular flexibility index (Phi) is 3.14. The molecule has 0 bridgehead atoms. The van der Waals surface area contributed by atoms with E-state index in [0.29, 0.717) is 5.92 Å². The van der Waals surface area contributed by atoms with Crippen LogP contribution in [0.3, 0.4) is 0 Å². The van der Waals surface area contributed by atoms with Crippen molar-refractivity contribution in [2.24, 2.45) is 0 Å². The van der Waals surface area contributed by atoms with Crippen molar-refractivity contribution in [3.05, 3.63) is 112 Å². The fourth-order valence-corrected chi connectivity index (χ4v) is 5.16. The summed E-state index contributed by atoms with van der Waals surface area (Å²) in [5.41, 5.74) is 14.5. The van der Waals surface area contributed by atoms with Crippen molar-refractivity contribution in [1.82, 2.24) is 0 Å². The zero-order valence-corrected chi connectivity index (χ0v) is 15.5. The van der Waals surface area contributed by atoms with Crippen LogP contribution >= 0.6 is 0 Å². The molecule has 0 N–H and O–H groups in total. The first-order valence-electron chi connectivity index (χ1n) is 9.88. The van der Waals surface area contributed by atoms with E-state index < -0.39 is 0 Å². The number of fused-ring (bicyclic) bond motifs is 3. The Bertz CT molecular complexity index is 1140. The van der Waals surface area contributed by atoms with Crippen molar-refractivity contribution < 1.29 is 0 Å². The molecular weight excluding hydrogens is 324 g/mol. The minimum Gasteiger partial charge on any atom is -0.0622 e. The summed E-state index contributed by atoms with van der Waals surface area (Å²) in [6, 6.07) is 24.6. The van der Waals surface area contributed by atoms with Crippen molar-refractivity contribution in [2.75, 3.05) is 0 Å². The Morgan fingerprint density at radius 3 is 2.33 bits per heavy atom. The molecule has 0 aliphatic heterocycles. The third-order valence-electron chi connectivity index (χ3n) is 6.45. The lowest BCUT2D eigenvalue weighted by Crippen LogP contribution is -2.06. The molecule has 27 heavy (non-hydrogen) atoms. The third-order valence-corrected chi connectivity index (χ3v) is 6.45. The van der Waals surface area contributed by atoms with Gasteiger partial charge in [0.05, 0.1) is 0 Å². The van der Waals surface area contributed by atoms with Gasteiger partial charge >= 0.3 is 0 Å². The van der Waals surface area contributed by atoms with E-state index in [-0.39, 0.29) is 0 Å². The second-order valence-electron chi connectivity index (χ2n) is 7.96. The maximum absolute atomic E-state index is 2.41. The highest BCUT2D eigenvalue weighted by molar-refractivity contribution is 5.95. The zero-order valence-electron chi connectivity index (χ0n) is 15.5. The van der Waals surface area contributed by atoms with Crippen LogP contribution in [-0.2, 0) is 0 Å². The Balaban J connectivity index is 1.65. The molecule has 3 aromatic carbocycles. The molecule has 3 aliphatic carbocycles. The van der Waals surface area contributed by atoms with Gasteiger partial charge in [0.15, 0.2) is 0 Å². The first-order chi connectivity index (χ1) is 13.3. The van der Waals surface area contributed by atoms with E-state index in [2.05, 4.69) is 86.2 Å². The summed E-state index contributed by atoms with van der Waals surface area (Å²) in [5.74, 6) is 0.353. The van der Waals surface area contributed by atoms with E-state index in [1.54, 1.807) is 11.1 Å². The molecule has 0 nitrogen and oxygen atoms in total. The lowest BCUT2D eigenvalue weighted by molar-refractivity contribution is 0.935. The molecule has 0 heterocycles. The standard InChI is InChI=1S/C27H21/c1-17-15-19-9-5-6-10-22(19)25(17)24-14-12-21-16-20-11-13-23(20)27(21)26(24)18-7-3-2-4-8-18/h2-10,12,14-16,25H,11,13H2,1H3. The van der Waals surface area contributed by atoms with E-state index in [4.69, 9.17) is 0 Å². The topological polar surface area (TPSA) is 0 Å². The summed E-state index contributed by atoms with van der Waals surface area (Å²) in [7, 11) is 0. The van der Waals surface area contributed by atoms with Gasteiger partial charge in [-0.05, 0) is 64.3 Å². The highest BCUT2D eigenvalue weighted by Gasteiger charge is 2.34. The summed E-state index contributed by atoms with van der Waals surface area (Å²) in [6.45, 7) is 2.28. The molecule has 129 valence electrons. The monoisotopic (exact) mass is 345 g/mol. The number of hydrogen-bond acceptors (Lipinski definition) is 0. The highest BCUT2D eigenvalue weighted by Crippen LogP contribution is 2.53. The van der Waals surface area contributed by atoms with Gasteiger partial charge in [0.25, 0.3) is 0 Å². The van der Waals surface area contributed by atoms with Crippen LogP contribution < -0.4 is 0 Å². The van der Waals surface area contributed by atoms with Gasteiger partial charge in [-0.15, -0.1) is 0 Å². The van der Waals surface area contributed by atoms with Crippen molar-refractivity contribution in [2.45, 2.75) is 25.7 Å². The van der Waals surface area contributed by atoms with Crippen molar-refractivity contribution in [1.29, 1.82) is 0 Å². The summed E-state index contributed by atoms with van der Waals surface area (Å²) in [6.07, 6.45) is 7.23. The molecule has 1 radical (unpaired) electrons. The van der Waals surface area contributed by atoms with E-state index in [0.717, 1.165) is 0 Å². The zero-order chi connectivity index (χ0) is 18.0. The van der Waals surface area contributed by atoms with E-state index in [1.807, 2.05) is 0 Å². The van der Waals surface area contributed by atoms with Crippen LogP contribution in [0.2, 0.25) is 0 Å². The first kappa shape index (κ1) is 15.2. The van der Waals surface area contributed by atoms with Crippen LogP contribution in [0.25, 0.3) is 22.8 Å². The van der Waals surface area contributed by atoms with Gasteiger partial charge in [0.1, 0.15) is 0 Å². The van der Waals surface area contributed by atoms with E-state index in [9.17, 15) is 0 Å². The Hall–Kier alpha value is -2.86. The quantitative estimate of drug-likeness (QED) is 0.468. The van der Waals surface area contributed by atoms with E-state index in [1.165, 1.54) is 57.4 Å². The van der Waals surface area contributed by atoms with Crippen LogP contribution in [-0.4, -0.2) is 0 Å². The van der Waals surface area contributed by atoms with Gasteiger partial charge in [0.2, 0.25) is 0 Å². The predicted octanol–water partition coefficient (Wildman–Crippen LogP) is 7.02. The van der Waals surface area contributed by atoms with Gasteiger partial charge in [-0.25, -0.2) is 0 Å². The van der Waals surface area contributed by atoms with Crippen molar-refractivity contribution in [3.8, 4) is 11.1 Å². The molecular formula is C27H21. The number of rotatable bonds is 2. The molecule has 1 atom stereocenters. The molecule has 0 spiro atoms. The Labute approximate surface area is 160 Å². The summed E-state index contributed by atoms with van der Waals surface area (Å²) >= 11 is 0. The smallest absolute Gasteiger partial charge is 0.0311 e. The minimum absolute atomic E-state index is 0.353. The summed E-state index contributed by atoms with van der Waals surface area (Å²) < 4.78 is 0. The average molecular weight is 345 g/mol. The minimum atomic E-state index is 0.353. The fraction of sp³-hybridized carbons (Fsp3) is 0.148. The van der Waals surface area contributed by atoms with Crippen LogP contribution in [0.4, 0.5) is 0 Å². The van der Waals surface area contributed by atoms with Gasteiger partial charge in [-0.2, -0.15) is 0 Å². The number of hydrogen-bond donors (Lipinski definition) is 0. The van der Waals surface area contributed by atoms with E-state index >= 15 is 0 Å². The number of allylic oxidation sites excluding steroid dienone is 3. The van der Waals surface area contributed by atoms with Crippen LogP contribution in [0.5, 0.6) is 0 Å². The molecule has 0 saturated carbocycles. The fourth-order valence-electron chi connectivity index (χ4n) is 5.16. The summed E-state index contributed by atoms with van der Waals surface area (Å²) in [5, 5.41) is 0. The van der Waals surface area contributed by atoms with Crippen LogP contribution in [0.1, 0.15) is 53.5 Å². The Morgan fingerprint density at radius 1 is 0.704 bits per heavy atom. The van der Waals surface area contributed by atoms with Gasteiger partial charge in [-0.1, -0.05) is 84.0 Å². The number of benzene rings is 3. The van der Waals surface area contributed by atoms with Gasteiger partial charge in [-0.3, -0.25) is 0 Å². The van der Waals surface area contributed by atoms with Crippen LogP contribution in [0, 0.1) is 6.42 Å². The van der Waals surface area contributed by atoms with Gasteiger partial charge < -0.3 is 0 Å². The Morgan fingerprint density at radius 2 is 1.52 bits per heavy atom. The van der Waals surface area contributed by atoms with Crippen LogP contribution in [0.15, 0.2) is 77.9 Å².